The van der Waals surface area contributed by atoms with Gasteiger partial charge < -0.3 is 15.2 Å². The van der Waals surface area contributed by atoms with Gasteiger partial charge in [0.2, 0.25) is 0 Å². The lowest BCUT2D eigenvalue weighted by Crippen LogP contribution is -1.97. The van der Waals surface area contributed by atoms with Crippen molar-refractivity contribution in [3.05, 3.63) is 34.3 Å². The van der Waals surface area contributed by atoms with Crippen molar-refractivity contribution in [2.75, 3.05) is 12.8 Å². The SMILES string of the molecule is COc1ccc(OCc2nc(C)cs2)cc1N. The molecule has 17 heavy (non-hydrogen) atoms. The summed E-state index contributed by atoms with van der Waals surface area (Å²) < 4.78 is 10.7. The second-order valence-corrected chi connectivity index (χ2v) is 4.52. The summed E-state index contributed by atoms with van der Waals surface area (Å²) in [6, 6.07) is 5.37. The lowest BCUT2D eigenvalue weighted by atomic mass is 10.3. The zero-order chi connectivity index (χ0) is 12.3. The van der Waals surface area contributed by atoms with Crippen LogP contribution in [0.1, 0.15) is 10.7 Å². The summed E-state index contributed by atoms with van der Waals surface area (Å²) in [6.45, 7) is 2.43. The van der Waals surface area contributed by atoms with Gasteiger partial charge in [0.25, 0.3) is 0 Å². The normalized spacial score (nSPS) is 10.2. The predicted molar refractivity (Wildman–Crippen MR) is 68.6 cm³/mol. The highest BCUT2D eigenvalue weighted by atomic mass is 32.1. The number of thiazole rings is 1. The Balaban J connectivity index is 2.02. The Morgan fingerprint density at radius 2 is 2.24 bits per heavy atom. The summed E-state index contributed by atoms with van der Waals surface area (Å²) in [4.78, 5) is 4.32. The maximum absolute atomic E-state index is 5.79. The van der Waals surface area contributed by atoms with Crippen molar-refractivity contribution in [1.29, 1.82) is 0 Å². The zero-order valence-electron chi connectivity index (χ0n) is 9.77. The highest BCUT2D eigenvalue weighted by Crippen LogP contribution is 2.26. The van der Waals surface area contributed by atoms with Gasteiger partial charge in [-0.25, -0.2) is 4.98 Å². The van der Waals surface area contributed by atoms with Gasteiger partial charge in [0.15, 0.2) is 0 Å². The first kappa shape index (κ1) is 11.7. The van der Waals surface area contributed by atoms with E-state index in [9.17, 15) is 0 Å². The number of methoxy groups -OCH3 is 1. The van der Waals surface area contributed by atoms with Gasteiger partial charge in [-0.1, -0.05) is 0 Å². The molecule has 5 heteroatoms. The van der Waals surface area contributed by atoms with Crippen LogP contribution in [0.5, 0.6) is 11.5 Å². The van der Waals surface area contributed by atoms with Crippen molar-refractivity contribution >= 4 is 17.0 Å². The monoisotopic (exact) mass is 250 g/mol. The van der Waals surface area contributed by atoms with Gasteiger partial charge in [-0.05, 0) is 19.1 Å². The van der Waals surface area contributed by atoms with Crippen LogP contribution in [0.3, 0.4) is 0 Å². The fourth-order valence-corrected chi connectivity index (χ4v) is 2.10. The number of benzene rings is 1. The number of nitrogens with two attached hydrogens (primary N) is 1. The molecule has 0 saturated heterocycles. The molecular formula is C12H14N2O2S. The Morgan fingerprint density at radius 1 is 1.41 bits per heavy atom. The molecule has 0 aliphatic carbocycles. The minimum atomic E-state index is 0.463. The molecule has 0 atom stereocenters. The van der Waals surface area contributed by atoms with E-state index in [1.54, 1.807) is 30.6 Å². The number of aromatic nitrogens is 1. The molecule has 0 aliphatic rings. The third-order valence-electron chi connectivity index (χ3n) is 2.23. The van der Waals surface area contributed by atoms with Gasteiger partial charge in [-0.15, -0.1) is 11.3 Å². The summed E-state index contributed by atoms with van der Waals surface area (Å²) in [5, 5.41) is 2.96. The Hall–Kier alpha value is -1.75. The lowest BCUT2D eigenvalue weighted by molar-refractivity contribution is 0.305. The van der Waals surface area contributed by atoms with Gasteiger partial charge in [0.05, 0.1) is 12.8 Å². The lowest BCUT2D eigenvalue weighted by Gasteiger charge is -2.08. The minimum absolute atomic E-state index is 0.463. The van der Waals surface area contributed by atoms with Gasteiger partial charge in [0, 0.05) is 17.1 Å². The van der Waals surface area contributed by atoms with Crippen LogP contribution in [0.25, 0.3) is 0 Å². The molecule has 4 nitrogen and oxygen atoms in total. The maximum Gasteiger partial charge on any atom is 0.142 e. The van der Waals surface area contributed by atoms with Crippen LogP contribution in [0.2, 0.25) is 0 Å². The van der Waals surface area contributed by atoms with Crippen LogP contribution >= 0.6 is 11.3 Å². The number of anilines is 1. The van der Waals surface area contributed by atoms with E-state index in [-0.39, 0.29) is 0 Å². The molecule has 0 bridgehead atoms. The first-order valence-corrected chi connectivity index (χ1v) is 6.04. The zero-order valence-corrected chi connectivity index (χ0v) is 10.6. The molecule has 0 radical (unpaired) electrons. The van der Waals surface area contributed by atoms with E-state index in [1.807, 2.05) is 18.4 Å². The number of hydrogen-bond acceptors (Lipinski definition) is 5. The summed E-state index contributed by atoms with van der Waals surface area (Å²) in [5.41, 5.74) is 7.37. The van der Waals surface area contributed by atoms with Crippen LogP contribution in [0.4, 0.5) is 5.69 Å². The maximum atomic E-state index is 5.79. The van der Waals surface area contributed by atoms with E-state index < -0.39 is 0 Å². The summed E-state index contributed by atoms with van der Waals surface area (Å²) in [7, 11) is 1.59. The predicted octanol–water partition coefficient (Wildman–Crippen LogP) is 2.62. The second kappa shape index (κ2) is 5.05. The topological polar surface area (TPSA) is 57.4 Å². The highest BCUT2D eigenvalue weighted by molar-refractivity contribution is 7.09. The molecule has 0 aliphatic heterocycles. The van der Waals surface area contributed by atoms with Crippen LogP contribution in [-0.2, 0) is 6.61 Å². The number of rotatable bonds is 4. The van der Waals surface area contributed by atoms with Gasteiger partial charge in [-0.3, -0.25) is 0 Å². The average molecular weight is 250 g/mol. The first-order valence-electron chi connectivity index (χ1n) is 5.16. The fourth-order valence-electron chi connectivity index (χ4n) is 1.42. The smallest absolute Gasteiger partial charge is 0.142 e. The van der Waals surface area contributed by atoms with Gasteiger partial charge in [-0.2, -0.15) is 0 Å². The molecule has 1 aromatic carbocycles. The fraction of sp³-hybridized carbons (Fsp3) is 0.250. The molecule has 0 saturated carbocycles. The number of hydrogen-bond donors (Lipinski definition) is 1. The standard InChI is InChI=1S/C12H14N2O2S/c1-8-7-17-12(14-8)6-16-9-3-4-11(15-2)10(13)5-9/h3-5,7H,6,13H2,1-2H3. The van der Waals surface area contributed by atoms with Crippen molar-refractivity contribution in [2.24, 2.45) is 0 Å². The molecule has 2 rings (SSSR count). The Morgan fingerprint density at radius 3 is 2.82 bits per heavy atom. The van der Waals surface area contributed by atoms with Crippen molar-refractivity contribution in [1.82, 2.24) is 4.98 Å². The molecule has 0 amide bonds. The number of ether oxygens (including phenoxy) is 2. The van der Waals surface area contributed by atoms with Gasteiger partial charge in [0.1, 0.15) is 23.1 Å². The third-order valence-corrected chi connectivity index (χ3v) is 3.17. The van der Waals surface area contributed by atoms with Crippen molar-refractivity contribution in [2.45, 2.75) is 13.5 Å². The van der Waals surface area contributed by atoms with E-state index in [2.05, 4.69) is 4.98 Å². The van der Waals surface area contributed by atoms with E-state index >= 15 is 0 Å². The van der Waals surface area contributed by atoms with Crippen molar-refractivity contribution < 1.29 is 9.47 Å². The molecular weight excluding hydrogens is 236 g/mol. The molecule has 0 unspecified atom stereocenters. The Kier molecular flexibility index (Phi) is 3.49. The summed E-state index contributed by atoms with van der Waals surface area (Å²) in [5.74, 6) is 1.37. The van der Waals surface area contributed by atoms with Crippen LogP contribution in [0.15, 0.2) is 23.6 Å². The second-order valence-electron chi connectivity index (χ2n) is 3.58. The number of nitrogens with zero attached hydrogens (tertiary/aromatic N) is 1. The molecule has 2 N–H and O–H groups in total. The largest absolute Gasteiger partial charge is 0.495 e. The van der Waals surface area contributed by atoms with Crippen LogP contribution in [0, 0.1) is 6.92 Å². The molecule has 90 valence electrons. The number of aryl methyl sites for hydroxylation is 1. The van der Waals surface area contributed by atoms with E-state index in [1.165, 1.54) is 0 Å². The third kappa shape index (κ3) is 2.88. The highest BCUT2D eigenvalue weighted by Gasteiger charge is 2.03. The molecule has 2 aromatic rings. The van der Waals surface area contributed by atoms with Crippen LogP contribution < -0.4 is 15.2 Å². The minimum Gasteiger partial charge on any atom is -0.495 e. The Labute approximate surface area is 104 Å². The molecule has 0 spiro atoms. The summed E-state index contributed by atoms with van der Waals surface area (Å²) in [6.07, 6.45) is 0. The number of nitrogen functional groups attached to an aromatic ring is 1. The first-order chi connectivity index (χ1) is 8.19. The molecule has 0 fully saturated rings. The van der Waals surface area contributed by atoms with Crippen molar-refractivity contribution in [3.8, 4) is 11.5 Å². The molecule has 1 aromatic heterocycles. The van der Waals surface area contributed by atoms with E-state index in [0.29, 0.717) is 18.0 Å². The quantitative estimate of drug-likeness (QED) is 0.847. The summed E-state index contributed by atoms with van der Waals surface area (Å²) >= 11 is 1.59. The van der Waals surface area contributed by atoms with E-state index in [0.717, 1.165) is 16.5 Å². The van der Waals surface area contributed by atoms with Crippen molar-refractivity contribution in [3.63, 3.8) is 0 Å². The Bertz CT molecular complexity index is 511. The van der Waals surface area contributed by atoms with Crippen LogP contribution in [-0.4, -0.2) is 12.1 Å². The van der Waals surface area contributed by atoms with E-state index in [4.69, 9.17) is 15.2 Å². The van der Waals surface area contributed by atoms with Gasteiger partial charge >= 0.3 is 0 Å². The molecule has 1 heterocycles. The average Bonchev–Trinajstić information content (AvgIpc) is 2.73.